The number of aryl methyl sites for hydroxylation is 1. The largest absolute Gasteiger partial charge is 0.507 e. The molecule has 0 bridgehead atoms. The van der Waals surface area contributed by atoms with E-state index in [1.165, 1.54) is 6.07 Å². The summed E-state index contributed by atoms with van der Waals surface area (Å²) >= 11 is 0. The van der Waals surface area contributed by atoms with Gasteiger partial charge in [-0.15, -0.1) is 0 Å². The molecule has 0 saturated carbocycles. The Morgan fingerprint density at radius 3 is 2.88 bits per heavy atom. The van der Waals surface area contributed by atoms with Crippen LogP contribution in [0.1, 0.15) is 11.1 Å². The highest BCUT2D eigenvalue weighted by Crippen LogP contribution is 2.27. The lowest BCUT2D eigenvalue weighted by atomic mass is 10.1. The second-order valence-electron chi connectivity index (χ2n) is 3.72. The first-order valence-electron chi connectivity index (χ1n) is 5.03. The van der Waals surface area contributed by atoms with Crippen molar-refractivity contribution < 1.29 is 9.52 Å². The maximum atomic E-state index is 11.3. The zero-order valence-electron chi connectivity index (χ0n) is 9.20. The van der Waals surface area contributed by atoms with Crippen molar-refractivity contribution in [1.29, 1.82) is 0 Å². The molecule has 0 saturated heterocycles. The lowest BCUT2D eigenvalue weighted by Crippen LogP contribution is -2.07. The van der Waals surface area contributed by atoms with Gasteiger partial charge >= 0.3 is 5.63 Å². The van der Waals surface area contributed by atoms with Crippen molar-refractivity contribution in [2.45, 2.75) is 13.5 Å². The molecule has 1 heterocycles. The van der Waals surface area contributed by atoms with Crippen molar-refractivity contribution in [3.63, 3.8) is 0 Å². The Labute approximate surface area is 92.5 Å². The van der Waals surface area contributed by atoms with Crippen molar-refractivity contribution in [3.8, 4) is 5.75 Å². The number of rotatable bonds is 2. The van der Waals surface area contributed by atoms with Crippen LogP contribution < -0.4 is 10.9 Å². The Morgan fingerprint density at radius 2 is 2.19 bits per heavy atom. The van der Waals surface area contributed by atoms with Crippen LogP contribution >= 0.6 is 0 Å². The molecule has 0 radical (unpaired) electrons. The van der Waals surface area contributed by atoms with Gasteiger partial charge in [-0.3, -0.25) is 0 Å². The molecule has 16 heavy (non-hydrogen) atoms. The van der Waals surface area contributed by atoms with Gasteiger partial charge in [0, 0.05) is 18.0 Å². The fourth-order valence-corrected chi connectivity index (χ4v) is 1.78. The van der Waals surface area contributed by atoms with E-state index in [4.69, 9.17) is 4.42 Å². The summed E-state index contributed by atoms with van der Waals surface area (Å²) < 4.78 is 5.15. The van der Waals surface area contributed by atoms with E-state index in [2.05, 4.69) is 5.32 Å². The monoisotopic (exact) mass is 219 g/mol. The summed E-state index contributed by atoms with van der Waals surface area (Å²) in [5, 5.41) is 13.5. The molecule has 84 valence electrons. The van der Waals surface area contributed by atoms with Gasteiger partial charge < -0.3 is 14.8 Å². The number of hydrogen-bond donors (Lipinski definition) is 2. The maximum absolute atomic E-state index is 11.3. The molecule has 1 aromatic carbocycles. The van der Waals surface area contributed by atoms with Crippen LogP contribution in [0.25, 0.3) is 11.0 Å². The minimum Gasteiger partial charge on any atom is -0.507 e. The molecule has 0 aliphatic carbocycles. The number of phenolic OH excluding ortho intramolecular Hbond substituents is 1. The first kappa shape index (κ1) is 10.7. The minimum absolute atomic E-state index is 0.135. The van der Waals surface area contributed by atoms with Crippen LogP contribution in [0.4, 0.5) is 0 Å². The van der Waals surface area contributed by atoms with E-state index in [-0.39, 0.29) is 5.75 Å². The van der Waals surface area contributed by atoms with E-state index in [0.717, 1.165) is 10.9 Å². The molecule has 0 fully saturated rings. The average molecular weight is 219 g/mol. The Kier molecular flexibility index (Phi) is 2.66. The van der Waals surface area contributed by atoms with Crippen molar-refractivity contribution in [2.24, 2.45) is 0 Å². The average Bonchev–Trinajstić information content (AvgIpc) is 2.22. The third-order valence-electron chi connectivity index (χ3n) is 2.55. The standard InChI is InChI=1S/C12H13NO3/c1-7-5-11(15)16-12-8(7)3-4-10(14)9(12)6-13-2/h3-5,13-14H,6H2,1-2H3. The van der Waals surface area contributed by atoms with Gasteiger partial charge in [-0.05, 0) is 31.7 Å². The van der Waals surface area contributed by atoms with Crippen LogP contribution in [-0.4, -0.2) is 12.2 Å². The summed E-state index contributed by atoms with van der Waals surface area (Å²) in [5.74, 6) is 0.135. The molecule has 2 N–H and O–H groups in total. The Morgan fingerprint density at radius 1 is 1.44 bits per heavy atom. The highest BCUT2D eigenvalue weighted by atomic mass is 16.4. The van der Waals surface area contributed by atoms with E-state index in [9.17, 15) is 9.90 Å². The van der Waals surface area contributed by atoms with Crippen molar-refractivity contribution in [1.82, 2.24) is 5.32 Å². The Balaban J connectivity index is 2.85. The van der Waals surface area contributed by atoms with Crippen LogP contribution in [0, 0.1) is 6.92 Å². The molecule has 0 aliphatic heterocycles. The number of phenols is 1. The van der Waals surface area contributed by atoms with Crippen LogP contribution in [-0.2, 0) is 6.54 Å². The fourth-order valence-electron chi connectivity index (χ4n) is 1.78. The summed E-state index contributed by atoms with van der Waals surface area (Å²) in [7, 11) is 1.77. The lowest BCUT2D eigenvalue weighted by molar-refractivity contribution is 0.462. The van der Waals surface area contributed by atoms with Crippen molar-refractivity contribution >= 4 is 11.0 Å². The zero-order chi connectivity index (χ0) is 11.7. The number of benzene rings is 1. The normalized spacial score (nSPS) is 10.9. The second-order valence-corrected chi connectivity index (χ2v) is 3.72. The van der Waals surface area contributed by atoms with E-state index in [1.807, 2.05) is 6.92 Å². The van der Waals surface area contributed by atoms with Crippen LogP contribution in [0.3, 0.4) is 0 Å². The minimum atomic E-state index is -0.395. The quantitative estimate of drug-likeness (QED) is 0.752. The zero-order valence-corrected chi connectivity index (χ0v) is 9.20. The molecule has 0 aliphatic rings. The Hall–Kier alpha value is -1.81. The molecule has 0 atom stereocenters. The van der Waals surface area contributed by atoms with Crippen molar-refractivity contribution in [3.05, 3.63) is 39.7 Å². The van der Waals surface area contributed by atoms with E-state index in [0.29, 0.717) is 17.7 Å². The third-order valence-corrected chi connectivity index (χ3v) is 2.55. The fraction of sp³-hybridized carbons (Fsp3) is 0.250. The van der Waals surface area contributed by atoms with Gasteiger partial charge in [0.1, 0.15) is 11.3 Å². The van der Waals surface area contributed by atoms with E-state index >= 15 is 0 Å². The first-order chi connectivity index (χ1) is 7.63. The van der Waals surface area contributed by atoms with E-state index < -0.39 is 5.63 Å². The summed E-state index contributed by atoms with van der Waals surface area (Å²) in [6.45, 7) is 2.30. The summed E-state index contributed by atoms with van der Waals surface area (Å²) in [6.07, 6.45) is 0. The predicted octanol–water partition coefficient (Wildman–Crippen LogP) is 1.53. The summed E-state index contributed by atoms with van der Waals surface area (Å²) in [6, 6.07) is 4.81. The van der Waals surface area contributed by atoms with Gasteiger partial charge in [-0.1, -0.05) is 0 Å². The van der Waals surface area contributed by atoms with E-state index in [1.54, 1.807) is 19.2 Å². The van der Waals surface area contributed by atoms with Gasteiger partial charge in [-0.2, -0.15) is 0 Å². The number of nitrogens with one attached hydrogen (secondary N) is 1. The van der Waals surface area contributed by atoms with Gasteiger partial charge in [0.2, 0.25) is 0 Å². The van der Waals surface area contributed by atoms with Gasteiger partial charge in [0.05, 0.1) is 5.56 Å². The molecule has 0 amide bonds. The molecule has 0 unspecified atom stereocenters. The lowest BCUT2D eigenvalue weighted by Gasteiger charge is -2.08. The smallest absolute Gasteiger partial charge is 0.336 e. The Bertz CT molecular complexity index is 587. The molecule has 0 spiro atoms. The van der Waals surface area contributed by atoms with Gasteiger partial charge in [0.25, 0.3) is 0 Å². The number of hydrogen-bond acceptors (Lipinski definition) is 4. The molecule has 2 rings (SSSR count). The molecule has 4 nitrogen and oxygen atoms in total. The highest BCUT2D eigenvalue weighted by molar-refractivity contribution is 5.84. The maximum Gasteiger partial charge on any atom is 0.336 e. The van der Waals surface area contributed by atoms with Gasteiger partial charge in [-0.25, -0.2) is 4.79 Å². The van der Waals surface area contributed by atoms with Crippen LogP contribution in [0.2, 0.25) is 0 Å². The molecule has 2 aromatic rings. The van der Waals surface area contributed by atoms with Crippen molar-refractivity contribution in [2.75, 3.05) is 7.05 Å². The summed E-state index contributed by atoms with van der Waals surface area (Å²) in [4.78, 5) is 11.3. The predicted molar refractivity (Wildman–Crippen MR) is 61.6 cm³/mol. The molecular formula is C12H13NO3. The number of aromatic hydroxyl groups is 1. The second kappa shape index (κ2) is 3.98. The number of fused-ring (bicyclic) bond motifs is 1. The molecule has 1 aromatic heterocycles. The van der Waals surface area contributed by atoms with Crippen LogP contribution in [0.5, 0.6) is 5.75 Å². The molecule has 4 heteroatoms. The van der Waals surface area contributed by atoms with Crippen LogP contribution in [0.15, 0.2) is 27.4 Å². The third kappa shape index (κ3) is 1.67. The highest BCUT2D eigenvalue weighted by Gasteiger charge is 2.10. The molecular weight excluding hydrogens is 206 g/mol. The van der Waals surface area contributed by atoms with Gasteiger partial charge in [0.15, 0.2) is 0 Å². The topological polar surface area (TPSA) is 62.5 Å². The SMILES string of the molecule is CNCc1c(O)ccc2c(C)cc(=O)oc12. The summed E-state index contributed by atoms with van der Waals surface area (Å²) in [5.41, 5.74) is 1.52. The first-order valence-corrected chi connectivity index (χ1v) is 5.03.